The Morgan fingerprint density at radius 2 is 2.00 bits per heavy atom. The van der Waals surface area contributed by atoms with Gasteiger partial charge >= 0.3 is 0 Å². The molecule has 0 unspecified atom stereocenters. The van der Waals surface area contributed by atoms with Gasteiger partial charge in [-0.2, -0.15) is 0 Å². The Hall–Kier alpha value is -1.81. The molecule has 2 rings (SSSR count). The third kappa shape index (κ3) is 1.92. The molecular weight excluding hydrogens is 222 g/mol. The monoisotopic (exact) mass is 231 g/mol. The Labute approximate surface area is 96.8 Å². The van der Waals surface area contributed by atoms with Gasteiger partial charge in [-0.15, -0.1) is 11.3 Å². The minimum atomic E-state index is -0.123. The summed E-state index contributed by atoms with van der Waals surface area (Å²) in [5.74, 6) is -0.123. The SMILES string of the molecule is CC(=O)c1sc(-c2ccccc2)nc1C=O. The quantitative estimate of drug-likeness (QED) is 0.602. The van der Waals surface area contributed by atoms with Crippen LogP contribution in [-0.4, -0.2) is 17.1 Å². The molecule has 0 aliphatic heterocycles. The smallest absolute Gasteiger partial charge is 0.172 e. The largest absolute Gasteiger partial charge is 0.296 e. The van der Waals surface area contributed by atoms with Crippen molar-refractivity contribution in [3.8, 4) is 10.6 Å². The van der Waals surface area contributed by atoms with E-state index < -0.39 is 0 Å². The van der Waals surface area contributed by atoms with E-state index in [9.17, 15) is 9.59 Å². The minimum absolute atomic E-state index is 0.123. The maximum atomic E-state index is 11.3. The predicted octanol–water partition coefficient (Wildman–Crippen LogP) is 2.83. The van der Waals surface area contributed by atoms with Crippen molar-refractivity contribution in [1.29, 1.82) is 0 Å². The number of carbonyl (C=O) groups is 2. The predicted molar refractivity (Wildman–Crippen MR) is 62.9 cm³/mol. The first-order valence-electron chi connectivity index (χ1n) is 4.74. The second kappa shape index (κ2) is 4.37. The molecule has 0 fully saturated rings. The molecule has 0 atom stereocenters. The highest BCUT2D eigenvalue weighted by Crippen LogP contribution is 2.27. The van der Waals surface area contributed by atoms with Crippen molar-refractivity contribution in [2.45, 2.75) is 6.92 Å². The summed E-state index contributed by atoms with van der Waals surface area (Å²) in [7, 11) is 0. The van der Waals surface area contributed by atoms with Crippen LogP contribution in [0.2, 0.25) is 0 Å². The van der Waals surface area contributed by atoms with Gasteiger partial charge in [0, 0.05) is 12.5 Å². The lowest BCUT2D eigenvalue weighted by Crippen LogP contribution is -1.93. The summed E-state index contributed by atoms with van der Waals surface area (Å²) < 4.78 is 0. The Bertz CT molecular complexity index is 531. The van der Waals surface area contributed by atoms with Gasteiger partial charge in [0.2, 0.25) is 0 Å². The van der Waals surface area contributed by atoms with Crippen LogP contribution >= 0.6 is 11.3 Å². The van der Waals surface area contributed by atoms with Crippen LogP contribution in [0.15, 0.2) is 30.3 Å². The number of ketones is 1. The van der Waals surface area contributed by atoms with Crippen LogP contribution in [0.4, 0.5) is 0 Å². The molecule has 80 valence electrons. The van der Waals surface area contributed by atoms with Crippen LogP contribution < -0.4 is 0 Å². The first-order valence-corrected chi connectivity index (χ1v) is 5.56. The summed E-state index contributed by atoms with van der Waals surface area (Å²) in [5, 5.41) is 0.702. The second-order valence-electron chi connectivity index (χ2n) is 3.27. The van der Waals surface area contributed by atoms with Crippen LogP contribution in [-0.2, 0) is 0 Å². The minimum Gasteiger partial charge on any atom is -0.296 e. The lowest BCUT2D eigenvalue weighted by Gasteiger charge is -1.92. The summed E-state index contributed by atoms with van der Waals surface area (Å²) in [4.78, 5) is 26.6. The van der Waals surface area contributed by atoms with Gasteiger partial charge < -0.3 is 0 Å². The normalized spacial score (nSPS) is 10.1. The van der Waals surface area contributed by atoms with Crippen molar-refractivity contribution in [3.05, 3.63) is 40.9 Å². The Morgan fingerprint density at radius 1 is 1.31 bits per heavy atom. The third-order valence-corrected chi connectivity index (χ3v) is 3.33. The number of hydrogen-bond acceptors (Lipinski definition) is 4. The molecule has 0 saturated heterocycles. The number of hydrogen-bond donors (Lipinski definition) is 0. The fraction of sp³-hybridized carbons (Fsp3) is 0.0833. The third-order valence-electron chi connectivity index (χ3n) is 2.11. The topological polar surface area (TPSA) is 47.0 Å². The zero-order chi connectivity index (χ0) is 11.5. The van der Waals surface area contributed by atoms with E-state index in [1.807, 2.05) is 30.3 Å². The van der Waals surface area contributed by atoms with Gasteiger partial charge in [-0.05, 0) is 0 Å². The maximum Gasteiger partial charge on any atom is 0.172 e. The summed E-state index contributed by atoms with van der Waals surface area (Å²) in [6.45, 7) is 1.44. The molecule has 3 nitrogen and oxygen atoms in total. The summed E-state index contributed by atoms with van der Waals surface area (Å²) in [5.41, 5.74) is 1.15. The molecule has 0 radical (unpaired) electrons. The van der Waals surface area contributed by atoms with Gasteiger partial charge in [0.25, 0.3) is 0 Å². The van der Waals surface area contributed by atoms with Crippen LogP contribution in [0.1, 0.15) is 27.1 Å². The summed E-state index contributed by atoms with van der Waals surface area (Å²) in [6, 6.07) is 9.49. The zero-order valence-corrected chi connectivity index (χ0v) is 9.45. The molecule has 1 heterocycles. The molecule has 0 bridgehead atoms. The van der Waals surface area contributed by atoms with E-state index in [0.29, 0.717) is 16.2 Å². The van der Waals surface area contributed by atoms with Gasteiger partial charge in [0.05, 0.1) is 0 Å². The van der Waals surface area contributed by atoms with Crippen LogP contribution in [0.5, 0.6) is 0 Å². The van der Waals surface area contributed by atoms with Crippen molar-refractivity contribution in [3.63, 3.8) is 0 Å². The molecule has 0 N–H and O–H groups in total. The molecule has 0 aliphatic rings. The molecule has 0 spiro atoms. The van der Waals surface area contributed by atoms with E-state index in [0.717, 1.165) is 5.56 Å². The first-order chi connectivity index (χ1) is 7.72. The number of benzene rings is 1. The van der Waals surface area contributed by atoms with Gasteiger partial charge in [-0.25, -0.2) is 4.98 Å². The fourth-order valence-corrected chi connectivity index (χ4v) is 2.30. The zero-order valence-electron chi connectivity index (χ0n) is 8.64. The van der Waals surface area contributed by atoms with E-state index in [2.05, 4.69) is 4.98 Å². The van der Waals surface area contributed by atoms with E-state index in [1.54, 1.807) is 0 Å². The Balaban J connectivity index is 2.52. The van der Waals surface area contributed by atoms with E-state index >= 15 is 0 Å². The van der Waals surface area contributed by atoms with Gasteiger partial charge in [0.1, 0.15) is 15.6 Å². The molecule has 0 saturated carbocycles. The van der Waals surface area contributed by atoms with Crippen LogP contribution in [0.3, 0.4) is 0 Å². The van der Waals surface area contributed by atoms with Crippen LogP contribution in [0, 0.1) is 0 Å². The standard InChI is InChI=1S/C12H9NO2S/c1-8(15)11-10(7-14)13-12(16-11)9-5-3-2-4-6-9/h2-7H,1H3. The lowest BCUT2D eigenvalue weighted by atomic mass is 10.2. The molecule has 2 aromatic rings. The van der Waals surface area contributed by atoms with E-state index in [1.165, 1.54) is 18.3 Å². The van der Waals surface area contributed by atoms with Crippen molar-refractivity contribution < 1.29 is 9.59 Å². The maximum absolute atomic E-state index is 11.3. The van der Waals surface area contributed by atoms with E-state index in [-0.39, 0.29) is 11.5 Å². The number of aldehydes is 1. The number of rotatable bonds is 3. The summed E-state index contributed by atoms with van der Waals surface area (Å²) in [6.07, 6.45) is 0.625. The van der Waals surface area contributed by atoms with Crippen molar-refractivity contribution in [2.75, 3.05) is 0 Å². The van der Waals surface area contributed by atoms with Gasteiger partial charge in [0.15, 0.2) is 12.1 Å². The average Bonchev–Trinajstić information content (AvgIpc) is 2.74. The van der Waals surface area contributed by atoms with Gasteiger partial charge in [-0.1, -0.05) is 30.3 Å². The van der Waals surface area contributed by atoms with Crippen LogP contribution in [0.25, 0.3) is 10.6 Å². The highest BCUT2D eigenvalue weighted by atomic mass is 32.1. The van der Waals surface area contributed by atoms with E-state index in [4.69, 9.17) is 0 Å². The second-order valence-corrected chi connectivity index (χ2v) is 4.27. The van der Waals surface area contributed by atoms with Crippen molar-refractivity contribution in [1.82, 2.24) is 4.98 Å². The summed E-state index contributed by atoms with van der Waals surface area (Å²) >= 11 is 1.25. The van der Waals surface area contributed by atoms with Crippen molar-refractivity contribution >= 4 is 23.4 Å². The van der Waals surface area contributed by atoms with Gasteiger partial charge in [-0.3, -0.25) is 9.59 Å². The first kappa shape index (κ1) is 10.7. The number of carbonyl (C=O) groups excluding carboxylic acids is 2. The molecular formula is C12H9NO2S. The average molecular weight is 231 g/mol. The Morgan fingerprint density at radius 3 is 2.50 bits per heavy atom. The van der Waals surface area contributed by atoms with Crippen molar-refractivity contribution in [2.24, 2.45) is 0 Å². The molecule has 1 aromatic heterocycles. The highest BCUT2D eigenvalue weighted by Gasteiger charge is 2.14. The highest BCUT2D eigenvalue weighted by molar-refractivity contribution is 7.17. The molecule has 0 amide bonds. The number of thiazole rings is 1. The number of nitrogens with zero attached hydrogens (tertiary/aromatic N) is 1. The lowest BCUT2D eigenvalue weighted by molar-refractivity contribution is 0.101. The number of aromatic nitrogens is 1. The fourth-order valence-electron chi connectivity index (χ4n) is 1.37. The molecule has 1 aromatic carbocycles. The molecule has 0 aliphatic carbocycles. The number of Topliss-reactive ketones (excluding diaryl/α,β-unsaturated/α-hetero) is 1. The Kier molecular flexibility index (Phi) is 2.92. The molecule has 4 heteroatoms. The molecule has 16 heavy (non-hydrogen) atoms.